The molecule has 1 aliphatic heterocycles. The molecule has 0 saturated carbocycles. The van der Waals surface area contributed by atoms with Crippen molar-refractivity contribution in [3.8, 4) is 0 Å². The molecule has 0 saturated heterocycles. The Kier molecular flexibility index (Phi) is 3.85. The van der Waals surface area contributed by atoms with Gasteiger partial charge >= 0.3 is 0 Å². The van der Waals surface area contributed by atoms with Gasteiger partial charge in [-0.1, -0.05) is 17.7 Å². The van der Waals surface area contributed by atoms with Gasteiger partial charge in [0.1, 0.15) is 0 Å². The number of pyridine rings is 1. The topological polar surface area (TPSA) is 53.2 Å². The summed E-state index contributed by atoms with van der Waals surface area (Å²) in [5.74, 6) is -0.0225. The molecule has 4 rings (SSSR count). The highest BCUT2D eigenvalue weighted by molar-refractivity contribution is 6.30. The number of carbonyl (C=O) groups excluding carboxylic acids is 1. The second-order valence-corrected chi connectivity index (χ2v) is 6.91. The van der Waals surface area contributed by atoms with E-state index >= 15 is 0 Å². The van der Waals surface area contributed by atoms with E-state index in [0.29, 0.717) is 29.2 Å². The molecule has 126 valence electrons. The Bertz CT molecular complexity index is 1060. The molecule has 1 aliphatic rings. The number of nitrogens with zero attached hydrogens (tertiary/aromatic N) is 1. The molecule has 0 radical (unpaired) electrons. The molecule has 0 unspecified atom stereocenters. The van der Waals surface area contributed by atoms with E-state index in [4.69, 9.17) is 11.6 Å². The number of fused-ring (bicyclic) bond motifs is 2. The zero-order chi connectivity index (χ0) is 17.6. The summed E-state index contributed by atoms with van der Waals surface area (Å²) in [7, 11) is 0. The zero-order valence-electron chi connectivity index (χ0n) is 13.8. The van der Waals surface area contributed by atoms with Crippen molar-refractivity contribution in [1.82, 2.24) is 9.88 Å². The summed E-state index contributed by atoms with van der Waals surface area (Å²) in [5.41, 5.74) is 4.35. The van der Waals surface area contributed by atoms with E-state index in [1.807, 2.05) is 24.0 Å². The largest absolute Gasteiger partial charge is 0.334 e. The number of hydrogen-bond donors (Lipinski definition) is 1. The number of hydrogen-bond acceptors (Lipinski definition) is 2. The van der Waals surface area contributed by atoms with E-state index in [0.717, 1.165) is 22.9 Å². The first kappa shape index (κ1) is 15.9. The third-order valence-electron chi connectivity index (χ3n) is 4.72. The van der Waals surface area contributed by atoms with Crippen LogP contribution in [0, 0.1) is 6.92 Å². The molecule has 2 aromatic carbocycles. The van der Waals surface area contributed by atoms with Crippen molar-refractivity contribution < 1.29 is 4.79 Å². The van der Waals surface area contributed by atoms with E-state index in [2.05, 4.69) is 11.1 Å². The minimum atomic E-state index is -0.0740. The van der Waals surface area contributed by atoms with Gasteiger partial charge in [0.15, 0.2) is 0 Å². The fourth-order valence-corrected chi connectivity index (χ4v) is 3.54. The maximum absolute atomic E-state index is 12.7. The van der Waals surface area contributed by atoms with Crippen LogP contribution in [0.5, 0.6) is 0 Å². The first-order chi connectivity index (χ1) is 12.0. The van der Waals surface area contributed by atoms with Crippen molar-refractivity contribution in [3.05, 3.63) is 80.1 Å². The standard InChI is InChI=1S/C20H17ClN2O2/c1-12-7-15-8-13-5-6-23(11-16(13)10-18(15)22-19(12)24)20(25)14-3-2-4-17(21)9-14/h2-4,7-10H,5-6,11H2,1H3,(H,22,24). The lowest BCUT2D eigenvalue weighted by atomic mass is 9.96. The number of rotatable bonds is 1. The number of benzene rings is 2. The molecule has 2 heterocycles. The van der Waals surface area contributed by atoms with Gasteiger partial charge < -0.3 is 9.88 Å². The van der Waals surface area contributed by atoms with Crippen LogP contribution in [0.4, 0.5) is 0 Å². The normalized spacial score (nSPS) is 13.8. The van der Waals surface area contributed by atoms with Crippen LogP contribution in [0.2, 0.25) is 5.02 Å². The SMILES string of the molecule is Cc1cc2cc3c(cc2[nH]c1=O)CN(C(=O)c1cccc(Cl)c1)CC3. The third-order valence-corrected chi connectivity index (χ3v) is 4.96. The van der Waals surface area contributed by atoms with E-state index < -0.39 is 0 Å². The van der Waals surface area contributed by atoms with Crippen LogP contribution >= 0.6 is 11.6 Å². The maximum Gasteiger partial charge on any atom is 0.254 e. The summed E-state index contributed by atoms with van der Waals surface area (Å²) in [6.45, 7) is 3.02. The molecular weight excluding hydrogens is 336 g/mol. The first-order valence-corrected chi connectivity index (χ1v) is 8.59. The van der Waals surface area contributed by atoms with E-state index in [1.54, 1.807) is 24.3 Å². The van der Waals surface area contributed by atoms with Gasteiger partial charge in [-0.25, -0.2) is 0 Å². The molecule has 1 aromatic heterocycles. The van der Waals surface area contributed by atoms with Crippen LogP contribution in [0.1, 0.15) is 27.0 Å². The molecule has 0 spiro atoms. The van der Waals surface area contributed by atoms with E-state index in [-0.39, 0.29) is 11.5 Å². The molecule has 0 fully saturated rings. The van der Waals surface area contributed by atoms with Crippen molar-refractivity contribution in [1.29, 1.82) is 0 Å². The second-order valence-electron chi connectivity index (χ2n) is 6.48. The van der Waals surface area contributed by atoms with Crippen LogP contribution in [0.3, 0.4) is 0 Å². The van der Waals surface area contributed by atoms with Gasteiger partial charge in [0.05, 0.1) is 0 Å². The average molecular weight is 353 g/mol. The summed E-state index contributed by atoms with van der Waals surface area (Å²) < 4.78 is 0. The Balaban J connectivity index is 1.68. The van der Waals surface area contributed by atoms with Crippen LogP contribution in [-0.2, 0) is 13.0 Å². The third kappa shape index (κ3) is 2.94. The van der Waals surface area contributed by atoms with Gasteiger partial charge in [-0.3, -0.25) is 9.59 Å². The minimum absolute atomic E-state index is 0.0225. The van der Waals surface area contributed by atoms with Gasteiger partial charge in [-0.15, -0.1) is 0 Å². The number of aromatic amines is 1. The Morgan fingerprint density at radius 1 is 1.16 bits per heavy atom. The molecule has 0 atom stereocenters. The van der Waals surface area contributed by atoms with Gasteiger partial charge in [0.2, 0.25) is 0 Å². The highest BCUT2D eigenvalue weighted by Gasteiger charge is 2.22. The average Bonchev–Trinajstić information content (AvgIpc) is 2.60. The molecule has 0 bridgehead atoms. The fourth-order valence-electron chi connectivity index (χ4n) is 3.35. The number of amides is 1. The predicted octanol–water partition coefficient (Wildman–Crippen LogP) is 3.69. The molecule has 1 amide bonds. The molecule has 25 heavy (non-hydrogen) atoms. The number of aryl methyl sites for hydroxylation is 1. The zero-order valence-corrected chi connectivity index (χ0v) is 14.6. The molecular formula is C20H17ClN2O2. The fraction of sp³-hybridized carbons (Fsp3) is 0.200. The Morgan fingerprint density at radius 2 is 2.00 bits per heavy atom. The molecule has 5 heteroatoms. The van der Waals surface area contributed by atoms with Crippen LogP contribution in [0.25, 0.3) is 10.9 Å². The monoisotopic (exact) mass is 352 g/mol. The second kappa shape index (κ2) is 6.05. The summed E-state index contributed by atoms with van der Waals surface area (Å²) in [5, 5.41) is 1.59. The lowest BCUT2D eigenvalue weighted by molar-refractivity contribution is 0.0735. The Morgan fingerprint density at radius 3 is 2.80 bits per heavy atom. The van der Waals surface area contributed by atoms with Gasteiger partial charge in [0, 0.05) is 34.8 Å². The number of carbonyl (C=O) groups is 1. The van der Waals surface area contributed by atoms with E-state index in [9.17, 15) is 9.59 Å². The van der Waals surface area contributed by atoms with Crippen LogP contribution in [-0.4, -0.2) is 22.3 Å². The van der Waals surface area contributed by atoms with Crippen molar-refractivity contribution in [2.24, 2.45) is 0 Å². The molecule has 4 nitrogen and oxygen atoms in total. The van der Waals surface area contributed by atoms with Gasteiger partial charge in [-0.05, 0) is 66.3 Å². The van der Waals surface area contributed by atoms with Gasteiger partial charge in [0.25, 0.3) is 11.5 Å². The number of aromatic nitrogens is 1. The minimum Gasteiger partial charge on any atom is -0.334 e. The lowest BCUT2D eigenvalue weighted by Crippen LogP contribution is -2.36. The van der Waals surface area contributed by atoms with Gasteiger partial charge in [-0.2, -0.15) is 0 Å². The van der Waals surface area contributed by atoms with Crippen molar-refractivity contribution in [2.45, 2.75) is 19.9 Å². The summed E-state index contributed by atoms with van der Waals surface area (Å²) >= 11 is 6.00. The highest BCUT2D eigenvalue weighted by Crippen LogP contribution is 2.25. The maximum atomic E-state index is 12.7. The van der Waals surface area contributed by atoms with Crippen LogP contribution < -0.4 is 5.56 Å². The summed E-state index contributed by atoms with van der Waals surface area (Å²) in [4.78, 5) is 29.3. The molecule has 0 aliphatic carbocycles. The lowest BCUT2D eigenvalue weighted by Gasteiger charge is -2.29. The molecule has 3 aromatic rings. The number of nitrogens with one attached hydrogen (secondary N) is 1. The summed E-state index contributed by atoms with van der Waals surface area (Å²) in [6.07, 6.45) is 0.801. The van der Waals surface area contributed by atoms with E-state index in [1.165, 1.54) is 5.56 Å². The predicted molar refractivity (Wildman–Crippen MR) is 99.2 cm³/mol. The van der Waals surface area contributed by atoms with Crippen molar-refractivity contribution in [3.63, 3.8) is 0 Å². The highest BCUT2D eigenvalue weighted by atomic mass is 35.5. The molecule has 1 N–H and O–H groups in total. The Labute approximate surface area is 150 Å². The van der Waals surface area contributed by atoms with Crippen molar-refractivity contribution >= 4 is 28.4 Å². The Hall–Kier alpha value is -2.59. The first-order valence-electron chi connectivity index (χ1n) is 8.21. The van der Waals surface area contributed by atoms with Crippen molar-refractivity contribution in [2.75, 3.05) is 6.54 Å². The summed E-state index contributed by atoms with van der Waals surface area (Å²) in [6, 6.07) is 13.0. The van der Waals surface area contributed by atoms with Crippen LogP contribution in [0.15, 0.2) is 47.3 Å². The smallest absolute Gasteiger partial charge is 0.254 e. The quantitative estimate of drug-likeness (QED) is 0.726. The number of H-pyrrole nitrogens is 1. The number of halogens is 1.